The summed E-state index contributed by atoms with van der Waals surface area (Å²) in [4.78, 5) is 15.1. The first kappa shape index (κ1) is 9.61. The highest BCUT2D eigenvalue weighted by atomic mass is 32.1. The second-order valence-corrected chi connectivity index (χ2v) is 4.42. The molecular weight excluding hydrogens is 202 g/mol. The molecule has 1 aromatic heterocycles. The average Bonchev–Trinajstić information content (AvgIpc) is 2.52. The number of hydrogen-bond donors (Lipinski definition) is 1. The van der Waals surface area contributed by atoms with Gasteiger partial charge < -0.3 is 9.84 Å². The van der Waals surface area contributed by atoms with E-state index in [1.54, 1.807) is 7.11 Å². The van der Waals surface area contributed by atoms with Gasteiger partial charge in [0.25, 0.3) is 0 Å². The molecule has 1 fully saturated rings. The van der Waals surface area contributed by atoms with Crippen molar-refractivity contribution in [3.63, 3.8) is 0 Å². The molecule has 1 aliphatic rings. The lowest BCUT2D eigenvalue weighted by atomic mass is 9.80. The normalized spacial score (nSPS) is 18.9. The molecule has 1 saturated carbocycles. The zero-order chi connectivity index (χ0) is 10.2. The van der Waals surface area contributed by atoms with Crippen LogP contribution in [0.15, 0.2) is 6.20 Å². The summed E-state index contributed by atoms with van der Waals surface area (Å²) in [5.74, 6) is -0.917. The standard InChI is InChI=1S/C9H11NO3S/c1-13-9(3-2-4-9)8-10-5-6(14-8)7(11)12/h5H,2-4H2,1H3,(H,11,12). The first-order valence-corrected chi connectivity index (χ1v) is 5.24. The largest absolute Gasteiger partial charge is 0.477 e. The number of carboxylic acid groups (broad SMARTS) is 1. The van der Waals surface area contributed by atoms with Crippen molar-refractivity contribution in [2.45, 2.75) is 24.9 Å². The molecule has 0 spiro atoms. The molecule has 76 valence electrons. The molecule has 1 heterocycles. The molecule has 14 heavy (non-hydrogen) atoms. The lowest BCUT2D eigenvalue weighted by molar-refractivity contribution is -0.0779. The lowest BCUT2D eigenvalue weighted by Gasteiger charge is -2.38. The molecule has 4 nitrogen and oxygen atoms in total. The van der Waals surface area contributed by atoms with Crippen molar-refractivity contribution >= 4 is 17.3 Å². The van der Waals surface area contributed by atoms with Crippen LogP contribution in [0.25, 0.3) is 0 Å². The predicted molar refractivity (Wildman–Crippen MR) is 51.6 cm³/mol. The monoisotopic (exact) mass is 213 g/mol. The fraction of sp³-hybridized carbons (Fsp3) is 0.556. The number of nitrogens with zero attached hydrogens (tertiary/aromatic N) is 1. The van der Waals surface area contributed by atoms with Crippen LogP contribution in [0, 0.1) is 0 Å². The maximum atomic E-state index is 10.7. The molecule has 1 N–H and O–H groups in total. The summed E-state index contributed by atoms with van der Waals surface area (Å²) in [6.45, 7) is 0. The summed E-state index contributed by atoms with van der Waals surface area (Å²) in [6, 6.07) is 0. The number of ether oxygens (including phenoxy) is 1. The number of aromatic carboxylic acids is 1. The summed E-state index contributed by atoms with van der Waals surface area (Å²) in [5, 5.41) is 9.55. The highest BCUT2D eigenvalue weighted by molar-refractivity contribution is 7.13. The van der Waals surface area contributed by atoms with Crippen molar-refractivity contribution in [2.75, 3.05) is 7.11 Å². The van der Waals surface area contributed by atoms with Gasteiger partial charge in [-0.2, -0.15) is 0 Å². The molecule has 0 amide bonds. The summed E-state index contributed by atoms with van der Waals surface area (Å²) in [7, 11) is 1.65. The minimum atomic E-state index is -0.917. The van der Waals surface area contributed by atoms with E-state index in [4.69, 9.17) is 9.84 Å². The second-order valence-electron chi connectivity index (χ2n) is 3.39. The number of methoxy groups -OCH3 is 1. The van der Waals surface area contributed by atoms with Crippen LogP contribution in [0.4, 0.5) is 0 Å². The Labute approximate surface area is 85.5 Å². The zero-order valence-corrected chi connectivity index (χ0v) is 8.63. The van der Waals surface area contributed by atoms with Crippen LogP contribution in [-0.4, -0.2) is 23.2 Å². The lowest BCUT2D eigenvalue weighted by Crippen LogP contribution is -2.35. The Hall–Kier alpha value is -0.940. The van der Waals surface area contributed by atoms with E-state index in [0.29, 0.717) is 0 Å². The van der Waals surface area contributed by atoms with Gasteiger partial charge in [0, 0.05) is 7.11 Å². The maximum absolute atomic E-state index is 10.7. The minimum Gasteiger partial charge on any atom is -0.477 e. The molecule has 5 heteroatoms. The number of carboxylic acids is 1. The van der Waals surface area contributed by atoms with Gasteiger partial charge in [0.15, 0.2) is 0 Å². The summed E-state index contributed by atoms with van der Waals surface area (Å²) in [5.41, 5.74) is -0.293. The number of rotatable bonds is 3. The van der Waals surface area contributed by atoms with E-state index in [1.165, 1.54) is 17.5 Å². The van der Waals surface area contributed by atoms with E-state index in [9.17, 15) is 4.79 Å². The quantitative estimate of drug-likeness (QED) is 0.832. The molecule has 0 bridgehead atoms. The molecule has 0 aliphatic heterocycles. The average molecular weight is 213 g/mol. The van der Waals surface area contributed by atoms with Crippen molar-refractivity contribution < 1.29 is 14.6 Å². The fourth-order valence-corrected chi connectivity index (χ4v) is 2.57. The molecule has 0 saturated heterocycles. The Morgan fingerprint density at radius 2 is 2.43 bits per heavy atom. The number of thiazole rings is 1. The zero-order valence-electron chi connectivity index (χ0n) is 7.82. The van der Waals surface area contributed by atoms with Crippen molar-refractivity contribution in [1.82, 2.24) is 4.98 Å². The number of carbonyl (C=O) groups is 1. The van der Waals surface area contributed by atoms with Gasteiger partial charge in [-0.25, -0.2) is 9.78 Å². The Balaban J connectivity index is 2.27. The Morgan fingerprint density at radius 3 is 2.79 bits per heavy atom. The van der Waals surface area contributed by atoms with E-state index < -0.39 is 5.97 Å². The van der Waals surface area contributed by atoms with Crippen LogP contribution in [0.1, 0.15) is 33.9 Å². The molecule has 1 aliphatic carbocycles. The van der Waals surface area contributed by atoms with Crippen LogP contribution in [-0.2, 0) is 10.3 Å². The van der Waals surface area contributed by atoms with Gasteiger partial charge in [-0.15, -0.1) is 11.3 Å². The van der Waals surface area contributed by atoms with Crippen LogP contribution < -0.4 is 0 Å². The van der Waals surface area contributed by atoms with Crippen LogP contribution in [0.2, 0.25) is 0 Å². The summed E-state index contributed by atoms with van der Waals surface area (Å²) in [6.07, 6.45) is 4.41. The summed E-state index contributed by atoms with van der Waals surface area (Å²) < 4.78 is 5.41. The molecule has 0 atom stereocenters. The van der Waals surface area contributed by atoms with Crippen molar-refractivity contribution in [3.05, 3.63) is 16.1 Å². The SMILES string of the molecule is COC1(c2ncc(C(=O)O)s2)CCC1. The van der Waals surface area contributed by atoms with E-state index >= 15 is 0 Å². The smallest absolute Gasteiger partial charge is 0.347 e. The van der Waals surface area contributed by atoms with Gasteiger partial charge in [0.2, 0.25) is 0 Å². The minimum absolute atomic E-state index is 0.281. The van der Waals surface area contributed by atoms with Gasteiger partial charge in [-0.1, -0.05) is 0 Å². The Kier molecular flexibility index (Phi) is 2.28. The first-order valence-electron chi connectivity index (χ1n) is 4.43. The molecule has 0 unspecified atom stereocenters. The third kappa shape index (κ3) is 1.33. The molecule has 1 aromatic rings. The molecular formula is C9H11NO3S. The first-order chi connectivity index (χ1) is 6.68. The molecule has 0 aromatic carbocycles. The summed E-state index contributed by atoms with van der Waals surface area (Å²) >= 11 is 1.21. The van der Waals surface area contributed by atoms with Gasteiger partial charge in [-0.3, -0.25) is 0 Å². The van der Waals surface area contributed by atoms with Crippen molar-refractivity contribution in [1.29, 1.82) is 0 Å². The second kappa shape index (κ2) is 3.33. The van der Waals surface area contributed by atoms with E-state index in [-0.39, 0.29) is 10.5 Å². The Morgan fingerprint density at radius 1 is 1.71 bits per heavy atom. The maximum Gasteiger partial charge on any atom is 0.347 e. The fourth-order valence-electron chi connectivity index (χ4n) is 1.59. The predicted octanol–water partition coefficient (Wildman–Crippen LogP) is 1.87. The van der Waals surface area contributed by atoms with Crippen LogP contribution in [0.3, 0.4) is 0 Å². The molecule has 0 radical (unpaired) electrons. The number of hydrogen-bond acceptors (Lipinski definition) is 4. The van der Waals surface area contributed by atoms with Gasteiger partial charge in [0.1, 0.15) is 15.5 Å². The van der Waals surface area contributed by atoms with Gasteiger partial charge >= 0.3 is 5.97 Å². The molecule has 2 rings (SSSR count). The highest BCUT2D eigenvalue weighted by Gasteiger charge is 2.41. The van der Waals surface area contributed by atoms with Crippen LogP contribution in [0.5, 0.6) is 0 Å². The Bertz CT molecular complexity index is 351. The van der Waals surface area contributed by atoms with Gasteiger partial charge in [-0.05, 0) is 19.3 Å². The van der Waals surface area contributed by atoms with Gasteiger partial charge in [0.05, 0.1) is 6.20 Å². The third-order valence-electron chi connectivity index (χ3n) is 2.66. The third-order valence-corrected chi connectivity index (χ3v) is 3.83. The van der Waals surface area contributed by atoms with Crippen molar-refractivity contribution in [3.8, 4) is 0 Å². The highest BCUT2D eigenvalue weighted by Crippen LogP contribution is 2.45. The van der Waals surface area contributed by atoms with E-state index in [1.807, 2.05) is 0 Å². The topological polar surface area (TPSA) is 59.4 Å². The number of aromatic nitrogens is 1. The van der Waals surface area contributed by atoms with Crippen molar-refractivity contribution in [2.24, 2.45) is 0 Å². The van der Waals surface area contributed by atoms with E-state index in [0.717, 1.165) is 24.3 Å². The van der Waals surface area contributed by atoms with E-state index in [2.05, 4.69) is 4.98 Å². The van der Waals surface area contributed by atoms with Crippen LogP contribution >= 0.6 is 11.3 Å².